The van der Waals surface area contributed by atoms with Crippen molar-refractivity contribution in [1.82, 2.24) is 13.7 Å². The third-order valence-corrected chi connectivity index (χ3v) is 5.19. The molecule has 20 heavy (non-hydrogen) atoms. The highest BCUT2D eigenvalue weighted by molar-refractivity contribution is 14.1. The van der Waals surface area contributed by atoms with Crippen LogP contribution in [0.25, 0.3) is 0 Å². The highest BCUT2D eigenvalue weighted by atomic mass is 127. The maximum absolute atomic E-state index is 12.1. The number of nitrogens with one attached hydrogen (secondary N) is 2. The molecule has 0 aromatic rings. The molecule has 2 rings (SSSR count). The summed E-state index contributed by atoms with van der Waals surface area (Å²) >= 11 is 2.22. The summed E-state index contributed by atoms with van der Waals surface area (Å²) in [5, 5.41) is 3.11. The number of rotatable bonds is 6. The molecule has 0 bridgehead atoms. The van der Waals surface area contributed by atoms with Gasteiger partial charge in [-0.3, -0.25) is 13.2 Å². The summed E-state index contributed by atoms with van der Waals surface area (Å²) in [6, 6.07) is 0.598. The van der Waals surface area contributed by atoms with E-state index < -0.39 is 0 Å². The first-order valence-corrected chi connectivity index (χ1v) is 8.81. The Hall–Kier alpha value is 0.0800. The van der Waals surface area contributed by atoms with Crippen LogP contribution in [0.4, 0.5) is 0 Å². The minimum atomic E-state index is 0.236. The van der Waals surface area contributed by atoms with Crippen LogP contribution in [0.5, 0.6) is 0 Å². The van der Waals surface area contributed by atoms with Crippen molar-refractivity contribution < 1.29 is 9.53 Å². The predicted molar refractivity (Wildman–Crippen MR) is 87.8 cm³/mol. The Labute approximate surface area is 135 Å². The third-order valence-electron chi connectivity index (χ3n) is 4.31. The van der Waals surface area contributed by atoms with Gasteiger partial charge >= 0.3 is 0 Å². The molecule has 116 valence electrons. The summed E-state index contributed by atoms with van der Waals surface area (Å²) < 4.78 is 8.60. The van der Waals surface area contributed by atoms with Crippen molar-refractivity contribution in [3.05, 3.63) is 0 Å². The monoisotopic (exact) mass is 395 g/mol. The minimum Gasteiger partial charge on any atom is -0.379 e. The number of halogens is 1. The Morgan fingerprint density at radius 2 is 1.90 bits per heavy atom. The lowest BCUT2D eigenvalue weighted by Crippen LogP contribution is -2.39. The van der Waals surface area contributed by atoms with E-state index in [1.165, 1.54) is 0 Å². The standard InChI is InChI=1S/C14H26IN3O2/c15-17-13-4-2-12(3-5-13)14(19)16-6-1-7-18-8-10-20-11-9-18/h12-13,17H,1-11H2,(H,16,19)/t12-,13-. The molecule has 2 aliphatic rings. The number of amides is 1. The van der Waals surface area contributed by atoms with Gasteiger partial charge in [-0.05, 0) is 38.6 Å². The first-order chi connectivity index (χ1) is 9.79. The number of carbonyl (C=O) groups excluding carboxylic acids is 1. The Morgan fingerprint density at radius 3 is 2.55 bits per heavy atom. The van der Waals surface area contributed by atoms with E-state index in [1.54, 1.807) is 0 Å². The lowest BCUT2D eigenvalue weighted by Gasteiger charge is -2.28. The second kappa shape index (κ2) is 9.17. The normalized spacial score (nSPS) is 28.2. The Morgan fingerprint density at radius 1 is 1.20 bits per heavy atom. The zero-order chi connectivity index (χ0) is 14.2. The van der Waals surface area contributed by atoms with Crippen LogP contribution in [0.15, 0.2) is 0 Å². The van der Waals surface area contributed by atoms with E-state index >= 15 is 0 Å². The number of morpholine rings is 1. The van der Waals surface area contributed by atoms with Gasteiger partial charge in [0.15, 0.2) is 0 Å². The predicted octanol–water partition coefficient (Wildman–Crippen LogP) is 1.32. The summed E-state index contributed by atoms with van der Waals surface area (Å²) in [5.74, 6) is 0.498. The highest BCUT2D eigenvalue weighted by Crippen LogP contribution is 2.24. The lowest BCUT2D eigenvalue weighted by molar-refractivity contribution is -0.126. The van der Waals surface area contributed by atoms with Crippen LogP contribution in [-0.2, 0) is 9.53 Å². The molecule has 0 spiro atoms. The molecule has 1 heterocycles. The van der Waals surface area contributed by atoms with E-state index in [4.69, 9.17) is 4.74 Å². The Kier molecular flexibility index (Phi) is 7.54. The van der Waals surface area contributed by atoms with Crippen molar-refractivity contribution in [2.24, 2.45) is 5.92 Å². The number of carbonyl (C=O) groups is 1. The second-order valence-electron chi connectivity index (χ2n) is 5.76. The fourth-order valence-electron chi connectivity index (χ4n) is 2.95. The third kappa shape index (κ3) is 5.46. The zero-order valence-electron chi connectivity index (χ0n) is 12.1. The molecule has 1 aliphatic carbocycles. The van der Waals surface area contributed by atoms with E-state index in [9.17, 15) is 4.79 Å². The maximum Gasteiger partial charge on any atom is 0.223 e. The van der Waals surface area contributed by atoms with Gasteiger partial charge in [0.05, 0.1) is 13.2 Å². The molecule has 2 N–H and O–H groups in total. The molecule has 2 fully saturated rings. The molecule has 0 aromatic carbocycles. The Balaban J connectivity index is 1.53. The largest absolute Gasteiger partial charge is 0.379 e. The Bertz CT molecular complexity index is 290. The van der Waals surface area contributed by atoms with Gasteiger partial charge in [-0.1, -0.05) is 0 Å². The van der Waals surface area contributed by atoms with Crippen LogP contribution in [0.1, 0.15) is 32.1 Å². The molecule has 0 unspecified atom stereocenters. The van der Waals surface area contributed by atoms with E-state index in [0.29, 0.717) is 6.04 Å². The molecular formula is C14H26IN3O2. The van der Waals surface area contributed by atoms with E-state index in [2.05, 4.69) is 36.6 Å². The second-order valence-corrected chi connectivity index (χ2v) is 6.38. The topological polar surface area (TPSA) is 53.6 Å². The summed E-state index contributed by atoms with van der Waals surface area (Å²) in [6.45, 7) is 5.62. The van der Waals surface area contributed by atoms with Crippen LogP contribution >= 0.6 is 22.9 Å². The number of hydrogen-bond acceptors (Lipinski definition) is 4. The molecule has 0 radical (unpaired) electrons. The number of ether oxygens (including phenoxy) is 1. The summed E-state index contributed by atoms with van der Waals surface area (Å²) in [7, 11) is 0. The summed E-state index contributed by atoms with van der Waals surface area (Å²) in [4.78, 5) is 14.5. The van der Waals surface area contributed by atoms with Crippen molar-refractivity contribution >= 4 is 28.8 Å². The molecule has 5 nitrogen and oxygen atoms in total. The summed E-state index contributed by atoms with van der Waals surface area (Å²) in [5.41, 5.74) is 0. The highest BCUT2D eigenvalue weighted by Gasteiger charge is 2.25. The van der Waals surface area contributed by atoms with Gasteiger partial charge in [0, 0.05) is 54.5 Å². The fourth-order valence-corrected chi connectivity index (χ4v) is 3.57. The lowest BCUT2D eigenvalue weighted by atomic mass is 9.86. The van der Waals surface area contributed by atoms with E-state index in [1.807, 2.05) is 0 Å². The average Bonchev–Trinajstić information content (AvgIpc) is 2.52. The molecular weight excluding hydrogens is 369 g/mol. The molecule has 0 aromatic heterocycles. The summed E-state index contributed by atoms with van der Waals surface area (Å²) in [6.07, 6.45) is 5.33. The average molecular weight is 395 g/mol. The van der Waals surface area contributed by atoms with Gasteiger partial charge < -0.3 is 10.1 Å². The molecule has 1 saturated heterocycles. The zero-order valence-corrected chi connectivity index (χ0v) is 14.2. The smallest absolute Gasteiger partial charge is 0.223 e. The van der Waals surface area contributed by atoms with Gasteiger partial charge in [0.1, 0.15) is 0 Å². The van der Waals surface area contributed by atoms with Crippen molar-refractivity contribution in [2.75, 3.05) is 39.4 Å². The van der Waals surface area contributed by atoms with Crippen molar-refractivity contribution in [1.29, 1.82) is 0 Å². The van der Waals surface area contributed by atoms with Crippen LogP contribution in [0, 0.1) is 5.92 Å². The quantitative estimate of drug-likeness (QED) is 0.405. The van der Waals surface area contributed by atoms with Gasteiger partial charge in [-0.25, -0.2) is 0 Å². The van der Waals surface area contributed by atoms with Crippen molar-refractivity contribution in [3.63, 3.8) is 0 Å². The van der Waals surface area contributed by atoms with Crippen LogP contribution in [-0.4, -0.2) is 56.2 Å². The van der Waals surface area contributed by atoms with Gasteiger partial charge in [-0.2, -0.15) is 0 Å². The maximum atomic E-state index is 12.1. The van der Waals surface area contributed by atoms with Gasteiger partial charge in [0.2, 0.25) is 5.91 Å². The van der Waals surface area contributed by atoms with E-state index in [-0.39, 0.29) is 11.8 Å². The molecule has 1 amide bonds. The van der Waals surface area contributed by atoms with Crippen molar-refractivity contribution in [3.8, 4) is 0 Å². The fraction of sp³-hybridized carbons (Fsp3) is 0.929. The minimum absolute atomic E-state index is 0.236. The van der Waals surface area contributed by atoms with Crippen LogP contribution in [0.2, 0.25) is 0 Å². The first kappa shape index (κ1) is 16.5. The van der Waals surface area contributed by atoms with Crippen LogP contribution in [0.3, 0.4) is 0 Å². The van der Waals surface area contributed by atoms with E-state index in [0.717, 1.165) is 71.5 Å². The number of nitrogens with zero attached hydrogens (tertiary/aromatic N) is 1. The molecule has 0 atom stereocenters. The van der Waals surface area contributed by atoms with Crippen molar-refractivity contribution in [2.45, 2.75) is 38.1 Å². The number of hydrogen-bond donors (Lipinski definition) is 2. The van der Waals surface area contributed by atoms with Gasteiger partial charge in [-0.15, -0.1) is 0 Å². The molecule has 6 heteroatoms. The van der Waals surface area contributed by atoms with Crippen LogP contribution < -0.4 is 8.85 Å². The first-order valence-electron chi connectivity index (χ1n) is 7.73. The SMILES string of the molecule is O=C(NCCCN1CCOCC1)[C@H]1CC[C@H](NI)CC1. The molecule has 1 saturated carbocycles. The van der Waals surface area contributed by atoms with Gasteiger partial charge in [0.25, 0.3) is 0 Å². The molecule has 1 aliphatic heterocycles.